The minimum Gasteiger partial charge on any atom is -0.481 e. The highest BCUT2D eigenvalue weighted by Gasteiger charge is 2.73. The van der Waals surface area contributed by atoms with E-state index in [0.717, 1.165) is 82.1 Å². The zero-order valence-corrected chi connectivity index (χ0v) is 40.5. The van der Waals surface area contributed by atoms with E-state index in [1.54, 1.807) is 7.11 Å². The summed E-state index contributed by atoms with van der Waals surface area (Å²) in [6, 6.07) is -0.165. The molecule has 1 amide bonds. The molecule has 0 bridgehead atoms. The first-order valence-corrected chi connectivity index (χ1v) is 24.4. The number of ether oxygens (including phenoxy) is 3. The Labute approximate surface area is 372 Å². The van der Waals surface area contributed by atoms with Gasteiger partial charge in [0.15, 0.2) is 0 Å². The van der Waals surface area contributed by atoms with Crippen molar-refractivity contribution in [3.63, 3.8) is 0 Å². The summed E-state index contributed by atoms with van der Waals surface area (Å²) in [5, 5.41) is 9.73. The highest BCUT2D eigenvalue weighted by Crippen LogP contribution is 2.78. The first-order valence-electron chi connectivity index (χ1n) is 24.4. The number of hydrogen-bond acceptors (Lipinski definition) is 7. The number of amides is 1. The van der Waals surface area contributed by atoms with Crippen LogP contribution in [0.5, 0.6) is 0 Å². The summed E-state index contributed by atoms with van der Waals surface area (Å²) in [5.74, 6) is 1.19. The first kappa shape index (κ1) is 45.8. The van der Waals surface area contributed by atoms with E-state index in [-0.39, 0.29) is 63.1 Å². The van der Waals surface area contributed by atoms with Gasteiger partial charge in [0.2, 0.25) is 5.91 Å². The van der Waals surface area contributed by atoms with Gasteiger partial charge in [0.1, 0.15) is 11.9 Å². The molecule has 7 fully saturated rings. The van der Waals surface area contributed by atoms with Gasteiger partial charge in [-0.1, -0.05) is 81.4 Å². The molecule has 10 nitrogen and oxygen atoms in total. The molecule has 8 rings (SSSR count). The summed E-state index contributed by atoms with van der Waals surface area (Å²) in [7, 11) is 1.70. The van der Waals surface area contributed by atoms with Crippen molar-refractivity contribution in [3.05, 3.63) is 29.9 Å². The lowest BCUT2D eigenvalue weighted by Crippen LogP contribution is -2.67. The Balaban J connectivity index is 1.06. The predicted octanol–water partition coefficient (Wildman–Crippen LogP) is 10.3. The average Bonchev–Trinajstić information content (AvgIpc) is 3.94. The molecule has 0 radical (unpaired) electrons. The Morgan fingerprint density at radius 3 is 2.23 bits per heavy atom. The third kappa shape index (κ3) is 6.72. The standard InChI is InChI=1S/C52H81N3O7/c1-30(2)32-16-21-52(45(59)55-29-31(61-25-24-60-13)26-36(55)42-53-28-39(54-42)46(3,4)5)23-22-50(11)33(41(32)52)14-15-38-49(10)19-18-40(48(8,9)37(49)17-20-51(38,50)12)62-44(58)35-27-34(43(56)57)47(35,6)7/h28,31-38,40-41H,1,14-27,29H2,2-13H3,(H,53,54)(H,56,57)/t31-,32+,33-,34+,35-,36+,37+,38-,40+,41-,49+,50-,51-,52+/m1/s1. The molecule has 0 spiro atoms. The second-order valence-electron chi connectivity index (χ2n) is 24.7. The topological polar surface area (TPSA) is 131 Å². The van der Waals surface area contributed by atoms with Crippen LogP contribution in [-0.2, 0) is 34.0 Å². The number of allylic oxidation sites excluding steroid dienone is 1. The highest BCUT2D eigenvalue weighted by atomic mass is 16.5. The van der Waals surface area contributed by atoms with Crippen LogP contribution in [0.1, 0.15) is 171 Å². The van der Waals surface area contributed by atoms with Gasteiger partial charge in [0.25, 0.3) is 0 Å². The second kappa shape index (κ2) is 15.4. The fourth-order valence-electron chi connectivity index (χ4n) is 16.5. The van der Waals surface area contributed by atoms with Crippen molar-refractivity contribution in [2.75, 3.05) is 26.9 Å². The molecule has 1 aromatic rings. The second-order valence-corrected chi connectivity index (χ2v) is 24.7. The van der Waals surface area contributed by atoms with Gasteiger partial charge < -0.3 is 29.2 Å². The minimum atomic E-state index is -0.822. The number of esters is 1. The van der Waals surface area contributed by atoms with Crippen molar-refractivity contribution in [2.24, 2.45) is 73.9 Å². The van der Waals surface area contributed by atoms with Gasteiger partial charge in [-0.25, -0.2) is 4.98 Å². The fraction of sp³-hybridized carbons (Fsp3) is 0.846. The van der Waals surface area contributed by atoms with Gasteiger partial charge in [0, 0.05) is 37.1 Å². The molecule has 2 N–H and O–H groups in total. The molecule has 1 saturated heterocycles. The van der Waals surface area contributed by atoms with Crippen LogP contribution in [0.4, 0.5) is 0 Å². The van der Waals surface area contributed by atoms with Gasteiger partial charge in [0.05, 0.1) is 48.3 Å². The van der Waals surface area contributed by atoms with Crippen LogP contribution >= 0.6 is 0 Å². The molecule has 62 heavy (non-hydrogen) atoms. The van der Waals surface area contributed by atoms with E-state index in [0.29, 0.717) is 55.8 Å². The normalized spacial score (nSPS) is 43.1. The van der Waals surface area contributed by atoms with Gasteiger partial charge in [-0.05, 0) is 129 Å². The quantitative estimate of drug-likeness (QED) is 0.135. The molecule has 14 atom stereocenters. The van der Waals surface area contributed by atoms with Gasteiger partial charge in [-0.15, -0.1) is 0 Å². The number of hydrogen-bond donors (Lipinski definition) is 2. The third-order valence-electron chi connectivity index (χ3n) is 20.4. The van der Waals surface area contributed by atoms with Crippen molar-refractivity contribution < 1.29 is 33.7 Å². The van der Waals surface area contributed by atoms with Crippen molar-refractivity contribution in [1.82, 2.24) is 14.9 Å². The largest absolute Gasteiger partial charge is 0.481 e. The van der Waals surface area contributed by atoms with Crippen LogP contribution < -0.4 is 0 Å². The monoisotopic (exact) mass is 860 g/mol. The van der Waals surface area contributed by atoms with Crippen LogP contribution in [0.3, 0.4) is 0 Å². The van der Waals surface area contributed by atoms with Crippen molar-refractivity contribution in [2.45, 2.75) is 177 Å². The maximum absolute atomic E-state index is 15.9. The predicted molar refractivity (Wildman–Crippen MR) is 240 cm³/mol. The number of methoxy groups -OCH3 is 1. The Morgan fingerprint density at radius 1 is 0.871 bits per heavy atom. The number of carboxylic acids is 1. The molecular weight excluding hydrogens is 779 g/mol. The van der Waals surface area contributed by atoms with Crippen LogP contribution in [0.2, 0.25) is 0 Å². The summed E-state index contributed by atoms with van der Waals surface area (Å²) in [6.07, 6.45) is 13.1. The van der Waals surface area contributed by atoms with E-state index in [2.05, 4.69) is 78.8 Å². The van der Waals surface area contributed by atoms with Gasteiger partial charge >= 0.3 is 11.9 Å². The summed E-state index contributed by atoms with van der Waals surface area (Å²) >= 11 is 0. The molecule has 7 aliphatic rings. The molecule has 346 valence electrons. The van der Waals surface area contributed by atoms with Crippen molar-refractivity contribution >= 4 is 17.8 Å². The number of H-pyrrole nitrogens is 1. The van der Waals surface area contributed by atoms with E-state index in [1.807, 2.05) is 20.0 Å². The summed E-state index contributed by atoms with van der Waals surface area (Å²) in [4.78, 5) is 52.3. The zero-order chi connectivity index (χ0) is 45.2. The third-order valence-corrected chi connectivity index (χ3v) is 20.4. The van der Waals surface area contributed by atoms with Gasteiger partial charge in [-0.2, -0.15) is 0 Å². The van der Waals surface area contributed by atoms with E-state index >= 15 is 4.79 Å². The molecule has 6 saturated carbocycles. The smallest absolute Gasteiger partial charge is 0.309 e. The fourth-order valence-corrected chi connectivity index (χ4v) is 16.5. The number of aromatic amines is 1. The van der Waals surface area contributed by atoms with Crippen molar-refractivity contribution in [1.29, 1.82) is 0 Å². The van der Waals surface area contributed by atoms with Gasteiger partial charge in [-0.3, -0.25) is 14.4 Å². The summed E-state index contributed by atoms with van der Waals surface area (Å²) in [6.45, 7) is 31.3. The minimum absolute atomic E-state index is 0.0686. The number of carbonyl (C=O) groups excluding carboxylic acids is 2. The highest BCUT2D eigenvalue weighted by molar-refractivity contribution is 5.85. The van der Waals surface area contributed by atoms with Crippen molar-refractivity contribution in [3.8, 4) is 0 Å². The number of carboxylic acid groups (broad SMARTS) is 1. The number of aromatic nitrogens is 2. The maximum atomic E-state index is 15.9. The number of carbonyl (C=O) groups is 3. The Bertz CT molecular complexity index is 1930. The van der Waals surface area contributed by atoms with Crippen LogP contribution in [-0.4, -0.2) is 76.9 Å². The average molecular weight is 860 g/mol. The molecule has 6 aliphatic carbocycles. The number of rotatable bonds is 10. The number of fused-ring (bicyclic) bond motifs is 7. The van der Waals surface area contributed by atoms with Crippen LogP contribution in [0.15, 0.2) is 18.3 Å². The lowest BCUT2D eigenvalue weighted by molar-refractivity contribution is -0.251. The molecule has 1 aromatic heterocycles. The summed E-state index contributed by atoms with van der Waals surface area (Å²) in [5.41, 5.74) is 1.16. The SMILES string of the molecule is C=C(C)[C@@H]1CC[C@]2(C(=O)N3C[C@H](OCCOC)C[C@H]3c3nc(C(C)(C)C)c[nH]3)CC[C@]3(C)[C@H](CC[C@@H]4[C@@]5(C)CC[C@H](OC(=O)[C@H]6C[C@@H](C(=O)O)C6(C)C)C(C)(C)[C@@H]5CC[C@]43C)[C@@H]12. The molecular formula is C52H81N3O7. The zero-order valence-electron chi connectivity index (χ0n) is 40.5. The Kier molecular flexibility index (Phi) is 11.4. The number of nitrogens with one attached hydrogen (secondary N) is 1. The number of imidazole rings is 1. The van der Waals surface area contributed by atoms with E-state index < -0.39 is 22.7 Å². The van der Waals surface area contributed by atoms with Crippen LogP contribution in [0.25, 0.3) is 0 Å². The first-order chi connectivity index (χ1) is 28.9. The molecule has 2 heterocycles. The molecule has 10 heteroatoms. The number of likely N-dealkylation sites (tertiary alicyclic amines) is 1. The maximum Gasteiger partial charge on any atom is 0.309 e. The Morgan fingerprint density at radius 2 is 1.60 bits per heavy atom. The lowest BCUT2D eigenvalue weighted by atomic mass is 9.32. The number of nitrogens with zero attached hydrogens (tertiary/aromatic N) is 2. The summed E-state index contributed by atoms with van der Waals surface area (Å²) < 4.78 is 18.2. The Hall–Kier alpha value is -2.72. The van der Waals surface area contributed by atoms with Crippen LogP contribution in [0, 0.1) is 73.9 Å². The molecule has 1 aliphatic heterocycles. The van der Waals surface area contributed by atoms with E-state index in [4.69, 9.17) is 19.2 Å². The van der Waals surface area contributed by atoms with E-state index in [9.17, 15) is 14.7 Å². The lowest BCUT2D eigenvalue weighted by Gasteiger charge is -2.73. The van der Waals surface area contributed by atoms with E-state index in [1.165, 1.54) is 5.57 Å². The molecule has 0 unspecified atom stereocenters. The molecule has 0 aromatic carbocycles. The number of aliphatic carboxylic acids is 1.